The molecule has 2 heterocycles. The lowest BCUT2D eigenvalue weighted by molar-refractivity contribution is 0.0944. The van der Waals surface area contributed by atoms with Crippen LogP contribution in [0.4, 0.5) is 4.39 Å². The van der Waals surface area contributed by atoms with Gasteiger partial charge in [-0.15, -0.1) is 0 Å². The van der Waals surface area contributed by atoms with Crippen LogP contribution in [-0.2, 0) is 20.1 Å². The van der Waals surface area contributed by atoms with Crippen molar-refractivity contribution < 1.29 is 14.0 Å². The van der Waals surface area contributed by atoms with Gasteiger partial charge in [0.05, 0.1) is 6.20 Å². The molecule has 0 aliphatic carbocycles. The number of aryl methyl sites for hydroxylation is 2. The molecule has 2 amide bonds. The van der Waals surface area contributed by atoms with E-state index in [1.807, 2.05) is 0 Å². The number of hydrogen-bond donors (Lipinski definition) is 2. The second-order valence-electron chi connectivity index (χ2n) is 6.26. The van der Waals surface area contributed by atoms with E-state index in [0.717, 1.165) is 17.5 Å². The van der Waals surface area contributed by atoms with Gasteiger partial charge in [0, 0.05) is 38.0 Å². The van der Waals surface area contributed by atoms with E-state index in [4.69, 9.17) is 0 Å². The molecule has 8 nitrogen and oxygen atoms in total. The zero-order valence-electron chi connectivity index (χ0n) is 15.4. The summed E-state index contributed by atoms with van der Waals surface area (Å²) in [6, 6.07) is 5.93. The molecule has 0 saturated heterocycles. The van der Waals surface area contributed by atoms with Gasteiger partial charge >= 0.3 is 0 Å². The van der Waals surface area contributed by atoms with Crippen LogP contribution in [0.1, 0.15) is 37.7 Å². The number of rotatable bonds is 6. The monoisotopic (exact) mass is 382 g/mol. The highest BCUT2D eigenvalue weighted by Crippen LogP contribution is 2.09. The van der Waals surface area contributed by atoms with Crippen LogP contribution in [0.2, 0.25) is 0 Å². The number of amides is 2. The Labute approximate surface area is 160 Å². The van der Waals surface area contributed by atoms with Gasteiger partial charge in [-0.1, -0.05) is 12.1 Å². The highest BCUT2D eigenvalue weighted by Gasteiger charge is 2.13. The molecule has 3 aromatic rings. The van der Waals surface area contributed by atoms with Crippen LogP contribution in [0.3, 0.4) is 0 Å². The number of halogens is 1. The number of carbonyl (C=O) groups is 2. The van der Waals surface area contributed by atoms with Crippen molar-refractivity contribution in [3.63, 3.8) is 0 Å². The first-order valence-electron chi connectivity index (χ1n) is 8.53. The van der Waals surface area contributed by atoms with Crippen molar-refractivity contribution in [3.8, 4) is 0 Å². The van der Waals surface area contributed by atoms with Crippen LogP contribution in [0.25, 0.3) is 0 Å². The minimum absolute atomic E-state index is 0.0698. The Morgan fingerprint density at radius 1 is 1.04 bits per heavy atom. The number of hydrogen-bond acceptors (Lipinski definition) is 5. The van der Waals surface area contributed by atoms with Crippen molar-refractivity contribution in [1.29, 1.82) is 0 Å². The fraction of sp³-hybridized carbons (Fsp3) is 0.211. The smallest absolute Gasteiger partial charge is 0.270 e. The summed E-state index contributed by atoms with van der Waals surface area (Å²) < 4.78 is 14.9. The first-order valence-corrected chi connectivity index (χ1v) is 8.53. The normalized spacial score (nSPS) is 10.5. The number of nitrogens with one attached hydrogen (secondary N) is 2. The summed E-state index contributed by atoms with van der Waals surface area (Å²) in [5, 5.41) is 9.43. The van der Waals surface area contributed by atoms with Crippen LogP contribution >= 0.6 is 0 Å². The second kappa shape index (κ2) is 8.38. The molecule has 2 aromatic heterocycles. The first kappa shape index (κ1) is 19.2. The largest absolute Gasteiger partial charge is 0.347 e. The van der Waals surface area contributed by atoms with Gasteiger partial charge in [-0.25, -0.2) is 14.4 Å². The van der Waals surface area contributed by atoms with E-state index in [1.54, 1.807) is 43.2 Å². The van der Waals surface area contributed by atoms with E-state index in [0.29, 0.717) is 12.1 Å². The minimum Gasteiger partial charge on any atom is -0.347 e. The van der Waals surface area contributed by atoms with Gasteiger partial charge in [0.1, 0.15) is 23.5 Å². The van der Waals surface area contributed by atoms with Crippen molar-refractivity contribution >= 4 is 11.8 Å². The van der Waals surface area contributed by atoms with Crippen molar-refractivity contribution in [3.05, 3.63) is 76.9 Å². The van der Waals surface area contributed by atoms with Crippen molar-refractivity contribution in [2.45, 2.75) is 20.0 Å². The van der Waals surface area contributed by atoms with Gasteiger partial charge in [0.15, 0.2) is 0 Å². The predicted octanol–water partition coefficient (Wildman–Crippen LogP) is 1.52. The average Bonchev–Trinajstić information content (AvgIpc) is 3.12. The lowest BCUT2D eigenvalue weighted by atomic mass is 10.1. The number of nitrogens with zero attached hydrogens (tertiary/aromatic N) is 4. The third-order valence-electron chi connectivity index (χ3n) is 4.02. The maximum Gasteiger partial charge on any atom is 0.270 e. The molecule has 0 spiro atoms. The van der Waals surface area contributed by atoms with Crippen LogP contribution < -0.4 is 10.6 Å². The molecule has 0 unspecified atom stereocenters. The van der Waals surface area contributed by atoms with Crippen LogP contribution in [0.15, 0.2) is 43.0 Å². The van der Waals surface area contributed by atoms with Gasteiger partial charge in [0.2, 0.25) is 0 Å². The number of benzene rings is 1. The molecule has 9 heteroatoms. The van der Waals surface area contributed by atoms with Crippen molar-refractivity contribution in [2.24, 2.45) is 7.05 Å². The highest BCUT2D eigenvalue weighted by molar-refractivity contribution is 5.97. The lowest BCUT2D eigenvalue weighted by Gasteiger charge is -2.07. The summed E-state index contributed by atoms with van der Waals surface area (Å²) in [7, 11) is 1.79. The molecule has 0 saturated carbocycles. The summed E-state index contributed by atoms with van der Waals surface area (Å²) in [5.74, 6) is -1.17. The summed E-state index contributed by atoms with van der Waals surface area (Å²) >= 11 is 0. The SMILES string of the molecule is Cc1cc(CNC(=O)c2cc(C(=O)NCc3cnn(C)c3)ncn2)ccc1F. The van der Waals surface area contributed by atoms with Crippen LogP contribution in [0.5, 0.6) is 0 Å². The molecule has 144 valence electrons. The third kappa shape index (κ3) is 4.76. The molecule has 0 radical (unpaired) electrons. The molecule has 28 heavy (non-hydrogen) atoms. The molecular weight excluding hydrogens is 363 g/mol. The summed E-state index contributed by atoms with van der Waals surface area (Å²) in [4.78, 5) is 32.4. The summed E-state index contributed by atoms with van der Waals surface area (Å²) in [5.41, 5.74) is 2.26. The van der Waals surface area contributed by atoms with E-state index >= 15 is 0 Å². The van der Waals surface area contributed by atoms with E-state index in [9.17, 15) is 14.0 Å². The Morgan fingerprint density at radius 3 is 2.25 bits per heavy atom. The van der Waals surface area contributed by atoms with E-state index in [-0.39, 0.29) is 23.7 Å². The molecule has 1 aromatic carbocycles. The predicted molar refractivity (Wildman–Crippen MR) is 98.7 cm³/mol. The highest BCUT2D eigenvalue weighted by atomic mass is 19.1. The van der Waals surface area contributed by atoms with Gasteiger partial charge in [-0.2, -0.15) is 5.10 Å². The van der Waals surface area contributed by atoms with E-state index in [1.165, 1.54) is 12.1 Å². The van der Waals surface area contributed by atoms with Gasteiger partial charge in [-0.05, 0) is 24.1 Å². The summed E-state index contributed by atoms with van der Waals surface area (Å²) in [6.07, 6.45) is 4.60. The van der Waals surface area contributed by atoms with E-state index in [2.05, 4.69) is 25.7 Å². The standard InChI is InChI=1S/C19H19FN6O2/c1-12-5-13(3-4-15(12)20)7-21-18(27)16-6-17(24-11-23-16)19(28)22-8-14-9-25-26(2)10-14/h3-6,9-11H,7-8H2,1-2H3,(H,21,27)(H,22,28). The van der Waals surface area contributed by atoms with Crippen LogP contribution in [-0.4, -0.2) is 31.6 Å². The zero-order valence-corrected chi connectivity index (χ0v) is 15.4. The molecule has 0 aliphatic rings. The third-order valence-corrected chi connectivity index (χ3v) is 4.02. The van der Waals surface area contributed by atoms with Gasteiger partial charge in [0.25, 0.3) is 11.8 Å². The molecule has 3 rings (SSSR count). The Morgan fingerprint density at radius 2 is 1.68 bits per heavy atom. The fourth-order valence-corrected chi connectivity index (χ4v) is 2.53. The second-order valence-corrected chi connectivity index (χ2v) is 6.26. The maximum atomic E-state index is 13.3. The Hall–Kier alpha value is -3.62. The number of aromatic nitrogens is 4. The Kier molecular flexibility index (Phi) is 5.73. The lowest BCUT2D eigenvalue weighted by Crippen LogP contribution is -2.27. The minimum atomic E-state index is -0.453. The van der Waals surface area contributed by atoms with E-state index < -0.39 is 11.8 Å². The first-order chi connectivity index (χ1) is 13.4. The molecule has 0 atom stereocenters. The average molecular weight is 382 g/mol. The van der Waals surface area contributed by atoms with Crippen LogP contribution in [0, 0.1) is 12.7 Å². The maximum absolute atomic E-state index is 13.3. The molecule has 0 fully saturated rings. The zero-order chi connectivity index (χ0) is 20.1. The van der Waals surface area contributed by atoms with Crippen molar-refractivity contribution in [1.82, 2.24) is 30.4 Å². The Bertz CT molecular complexity index is 1020. The topological polar surface area (TPSA) is 102 Å². The fourth-order valence-electron chi connectivity index (χ4n) is 2.53. The number of carbonyl (C=O) groups excluding carboxylic acids is 2. The molecule has 0 bridgehead atoms. The Balaban J connectivity index is 1.60. The summed E-state index contributed by atoms with van der Waals surface area (Å²) in [6.45, 7) is 2.16. The molecular formula is C19H19FN6O2. The molecule has 2 N–H and O–H groups in total. The van der Waals surface area contributed by atoms with Gasteiger partial charge in [-0.3, -0.25) is 14.3 Å². The quantitative estimate of drug-likeness (QED) is 0.673. The molecule has 0 aliphatic heterocycles. The van der Waals surface area contributed by atoms with Crippen molar-refractivity contribution in [2.75, 3.05) is 0 Å². The van der Waals surface area contributed by atoms with Gasteiger partial charge < -0.3 is 10.6 Å².